The molecule has 0 bridgehead atoms. The highest BCUT2D eigenvalue weighted by molar-refractivity contribution is 7.47. The van der Waals surface area contributed by atoms with E-state index < -0.39 is 39.2 Å². The van der Waals surface area contributed by atoms with Gasteiger partial charge in [0.15, 0.2) is 0 Å². The van der Waals surface area contributed by atoms with Gasteiger partial charge in [0.25, 0.3) is 0 Å². The number of esters is 1. The molecule has 3 unspecified atom stereocenters. The minimum Gasteiger partial charge on any atom is -0.457 e. The maximum atomic E-state index is 12.6. The Bertz CT molecular complexity index is 934. The van der Waals surface area contributed by atoms with Gasteiger partial charge in [0.2, 0.25) is 0 Å². The Morgan fingerprint density at radius 2 is 1.12 bits per heavy atom. The zero-order chi connectivity index (χ0) is 37.5. The fraction of sp³-hybridized carbons (Fsp3) is 0.780. The maximum absolute atomic E-state index is 12.6. The van der Waals surface area contributed by atoms with Crippen LogP contribution in [0.3, 0.4) is 0 Å². The van der Waals surface area contributed by atoms with E-state index in [-0.39, 0.29) is 19.6 Å². The first kappa shape index (κ1) is 49.4. The van der Waals surface area contributed by atoms with Gasteiger partial charge in [-0.1, -0.05) is 152 Å². The monoisotopic (exact) mass is 743 g/mol. The minimum absolute atomic E-state index is 0.0459. The van der Waals surface area contributed by atoms with E-state index in [1.165, 1.54) is 64.2 Å². The molecule has 0 saturated heterocycles. The molecule has 3 N–H and O–H groups in total. The standard InChI is InChI=1S/C41H75O9P/c1-3-5-7-9-11-13-14-15-16-17-18-19-20-21-22-23-24-25-27-29-31-33-41(44)50-40(38-49-51(45,46)48-36-39(43)35-42)37-47-34-32-30-28-26-12-10-8-6-4-2/h5,7,11,13,15-16,18-19,39-40,42-43H,3-4,6,8-10,12,14,17,20-38H2,1-2H3,(H,45,46)/b7-5-,13-11-,16-15-,19-18-. The normalized spacial score (nSPS) is 14.7. The highest BCUT2D eigenvalue weighted by Crippen LogP contribution is 2.43. The summed E-state index contributed by atoms with van der Waals surface area (Å²) >= 11 is 0. The van der Waals surface area contributed by atoms with E-state index in [2.05, 4.69) is 62.5 Å². The van der Waals surface area contributed by atoms with Crippen LogP contribution in [0.4, 0.5) is 0 Å². The summed E-state index contributed by atoms with van der Waals surface area (Å²) in [5.74, 6) is -0.393. The van der Waals surface area contributed by atoms with Crippen LogP contribution in [0.1, 0.15) is 162 Å². The van der Waals surface area contributed by atoms with E-state index in [1.807, 2.05) is 0 Å². The molecule has 0 aromatic heterocycles. The lowest BCUT2D eigenvalue weighted by Gasteiger charge is -2.20. The Hall–Kier alpha value is -1.58. The largest absolute Gasteiger partial charge is 0.472 e. The Labute approximate surface area is 311 Å². The zero-order valence-electron chi connectivity index (χ0n) is 32.3. The van der Waals surface area contributed by atoms with Crippen molar-refractivity contribution in [2.75, 3.05) is 33.0 Å². The predicted octanol–water partition coefficient (Wildman–Crippen LogP) is 10.6. The predicted molar refractivity (Wildman–Crippen MR) is 210 cm³/mol. The van der Waals surface area contributed by atoms with Crippen LogP contribution in [0.2, 0.25) is 0 Å². The average molecular weight is 743 g/mol. The fourth-order valence-corrected chi connectivity index (χ4v) is 6.02. The number of ether oxygens (including phenoxy) is 2. The zero-order valence-corrected chi connectivity index (χ0v) is 33.2. The van der Waals surface area contributed by atoms with Gasteiger partial charge in [-0.05, 0) is 51.4 Å². The Morgan fingerprint density at radius 1 is 0.627 bits per heavy atom. The van der Waals surface area contributed by atoms with E-state index in [4.69, 9.17) is 23.6 Å². The van der Waals surface area contributed by atoms with Crippen LogP contribution in [-0.4, -0.2) is 66.3 Å². The van der Waals surface area contributed by atoms with Gasteiger partial charge in [-0.2, -0.15) is 0 Å². The van der Waals surface area contributed by atoms with Gasteiger partial charge in [0, 0.05) is 13.0 Å². The van der Waals surface area contributed by atoms with Crippen LogP contribution in [0.15, 0.2) is 48.6 Å². The molecule has 0 rings (SSSR count). The molecule has 0 spiro atoms. The number of unbranched alkanes of at least 4 members (excludes halogenated alkanes) is 16. The molecule has 298 valence electrons. The molecule has 0 aromatic carbocycles. The number of aliphatic hydroxyl groups is 2. The van der Waals surface area contributed by atoms with Crippen LogP contribution < -0.4 is 0 Å². The summed E-state index contributed by atoms with van der Waals surface area (Å²) in [5, 5.41) is 18.3. The fourth-order valence-electron chi connectivity index (χ4n) is 5.23. The molecular weight excluding hydrogens is 667 g/mol. The highest BCUT2D eigenvalue weighted by atomic mass is 31.2. The van der Waals surface area contributed by atoms with Crippen molar-refractivity contribution in [3.8, 4) is 0 Å². The van der Waals surface area contributed by atoms with Gasteiger partial charge in [0.05, 0.1) is 26.4 Å². The van der Waals surface area contributed by atoms with E-state index in [0.29, 0.717) is 6.61 Å². The van der Waals surface area contributed by atoms with Crippen molar-refractivity contribution in [2.24, 2.45) is 0 Å². The molecule has 0 fully saturated rings. The third kappa shape index (κ3) is 38.0. The smallest absolute Gasteiger partial charge is 0.457 e. The molecule has 0 saturated carbocycles. The number of phosphoric acid groups is 1. The van der Waals surface area contributed by atoms with Gasteiger partial charge < -0.3 is 24.6 Å². The first-order valence-corrected chi connectivity index (χ1v) is 21.6. The second-order valence-electron chi connectivity index (χ2n) is 13.3. The van der Waals surface area contributed by atoms with E-state index in [1.54, 1.807) is 0 Å². The number of aliphatic hydroxyl groups excluding tert-OH is 2. The van der Waals surface area contributed by atoms with Gasteiger partial charge in [0.1, 0.15) is 12.2 Å². The lowest BCUT2D eigenvalue weighted by atomic mass is 10.1. The molecule has 51 heavy (non-hydrogen) atoms. The molecule has 0 radical (unpaired) electrons. The summed E-state index contributed by atoms with van der Waals surface area (Å²) in [4.78, 5) is 22.5. The van der Waals surface area contributed by atoms with Crippen LogP contribution >= 0.6 is 7.82 Å². The van der Waals surface area contributed by atoms with Crippen molar-refractivity contribution in [3.05, 3.63) is 48.6 Å². The van der Waals surface area contributed by atoms with Crippen molar-refractivity contribution < 1.29 is 43.0 Å². The second kappa shape index (κ2) is 38.2. The molecule has 10 heteroatoms. The summed E-state index contributed by atoms with van der Waals surface area (Å²) < 4.78 is 33.2. The summed E-state index contributed by atoms with van der Waals surface area (Å²) in [5.41, 5.74) is 0. The summed E-state index contributed by atoms with van der Waals surface area (Å²) in [7, 11) is -4.51. The average Bonchev–Trinajstić information content (AvgIpc) is 3.12. The van der Waals surface area contributed by atoms with E-state index in [9.17, 15) is 19.4 Å². The topological polar surface area (TPSA) is 132 Å². The molecule has 3 atom stereocenters. The quantitative estimate of drug-likeness (QED) is 0.0245. The summed E-state index contributed by atoms with van der Waals surface area (Å²) in [6.07, 6.45) is 40.7. The number of allylic oxidation sites excluding steroid dienone is 8. The van der Waals surface area contributed by atoms with Gasteiger partial charge in [-0.15, -0.1) is 0 Å². The van der Waals surface area contributed by atoms with Crippen LogP contribution in [0.25, 0.3) is 0 Å². The maximum Gasteiger partial charge on any atom is 0.472 e. The molecule has 9 nitrogen and oxygen atoms in total. The number of phosphoric ester groups is 1. The number of carbonyl (C=O) groups is 1. The molecular formula is C41H75O9P. The number of carbonyl (C=O) groups excluding carboxylic acids is 1. The first-order chi connectivity index (χ1) is 24.8. The van der Waals surface area contributed by atoms with Crippen LogP contribution in [0.5, 0.6) is 0 Å². The lowest BCUT2D eigenvalue weighted by molar-refractivity contribution is -0.154. The third-order valence-electron chi connectivity index (χ3n) is 8.28. The first-order valence-electron chi connectivity index (χ1n) is 20.1. The lowest BCUT2D eigenvalue weighted by Crippen LogP contribution is -2.29. The van der Waals surface area contributed by atoms with Crippen molar-refractivity contribution in [1.29, 1.82) is 0 Å². The number of hydrogen-bond acceptors (Lipinski definition) is 8. The molecule has 0 aromatic rings. The third-order valence-corrected chi connectivity index (χ3v) is 9.23. The van der Waals surface area contributed by atoms with Crippen molar-refractivity contribution in [3.63, 3.8) is 0 Å². The molecule has 0 aliphatic heterocycles. The van der Waals surface area contributed by atoms with Crippen molar-refractivity contribution in [1.82, 2.24) is 0 Å². The molecule has 0 amide bonds. The van der Waals surface area contributed by atoms with Crippen LogP contribution in [-0.2, 0) is 27.9 Å². The number of hydrogen-bond donors (Lipinski definition) is 3. The van der Waals surface area contributed by atoms with Gasteiger partial charge >= 0.3 is 13.8 Å². The Balaban J connectivity index is 4.14. The minimum atomic E-state index is -4.51. The van der Waals surface area contributed by atoms with Crippen molar-refractivity contribution in [2.45, 2.75) is 174 Å². The van der Waals surface area contributed by atoms with Gasteiger partial charge in [-0.25, -0.2) is 4.57 Å². The summed E-state index contributed by atoms with van der Waals surface area (Å²) in [6, 6.07) is 0. The Kier molecular flexibility index (Phi) is 37.0. The second-order valence-corrected chi connectivity index (χ2v) is 14.7. The van der Waals surface area contributed by atoms with Crippen molar-refractivity contribution >= 4 is 13.8 Å². The summed E-state index contributed by atoms with van der Waals surface area (Å²) in [6.45, 7) is 3.37. The molecule has 0 heterocycles. The SMILES string of the molecule is CC/C=C\C/C=C\C/C=C\C/C=C\CCCCCCCCCCC(=O)OC(COCCCCCCCCCCC)COP(=O)(O)OCC(O)CO. The molecule has 0 aliphatic carbocycles. The highest BCUT2D eigenvalue weighted by Gasteiger charge is 2.26. The number of rotatable bonds is 38. The molecule has 0 aliphatic rings. The van der Waals surface area contributed by atoms with Gasteiger partial charge in [-0.3, -0.25) is 13.8 Å². The Morgan fingerprint density at radius 3 is 1.69 bits per heavy atom. The van der Waals surface area contributed by atoms with E-state index >= 15 is 0 Å². The van der Waals surface area contributed by atoms with E-state index in [0.717, 1.165) is 77.0 Å². The van der Waals surface area contributed by atoms with Crippen LogP contribution in [0, 0.1) is 0 Å².